The number of halogens is 2. The number of aliphatic carboxylic acids is 2. The molecule has 6 aromatic rings. The minimum absolute atomic E-state index is 0.00407. The number of hydrogen-bond donors (Lipinski definition) is 5. The van der Waals surface area contributed by atoms with Crippen molar-refractivity contribution in [1.29, 1.82) is 0 Å². The number of aromatic nitrogens is 4. The number of nitrogens with one attached hydrogen (secondary N) is 1. The van der Waals surface area contributed by atoms with E-state index in [1.54, 1.807) is 12.1 Å². The summed E-state index contributed by atoms with van der Waals surface area (Å²) in [6.45, 7) is 5.26. The number of carboxylic acids is 2. The van der Waals surface area contributed by atoms with Gasteiger partial charge >= 0.3 is 11.9 Å². The number of carboxylic acid groups (broad SMARTS) is 2. The summed E-state index contributed by atoms with van der Waals surface area (Å²) in [6, 6.07) is 17.9. The SMILES string of the molecule is Cc1c(COc2nc(OCc3cncc(S(C)(=O)=O)c3)c(CC[C@@](C)(CO)C(=O)O)cc2Br)cccc1-c1cccc(COc2nc(OCc3cncc(S(C)(=O)=O)c3)c(CN[C@@](C)(CO)C(=O)O)cc2Br)c1C. The van der Waals surface area contributed by atoms with E-state index in [-0.39, 0.29) is 79.1 Å². The van der Waals surface area contributed by atoms with Gasteiger partial charge in [0.25, 0.3) is 0 Å². The number of ether oxygens (including phenoxy) is 4. The van der Waals surface area contributed by atoms with Crippen LogP contribution in [0, 0.1) is 19.3 Å². The molecule has 0 unspecified atom stereocenters. The number of pyridine rings is 4. The standard InChI is InChI=1S/C51H55Br2N5O14S2/c1-30-35(26-71-46-42(52)17-34(13-14-50(3,28-59)48(61)62)44(57-46)69-24-32-15-38(22-54-19-32)73(5,65)66)9-7-11-40(30)41-12-8-10-36(31(41)2)27-72-47-43(53)18-37(21-56-51(4,29-60)49(63)64)45(58-47)70-25-33-16-39(23-55-20-33)74(6,67)68/h7-12,15-20,22-23,56,59-60H,13-14,21,24-29H2,1-6H3,(H,61,62)(H,63,64)/t50-,51-/m0/s1. The first-order chi connectivity index (χ1) is 34.8. The van der Waals surface area contributed by atoms with Gasteiger partial charge in [-0.25, -0.2) is 16.8 Å². The molecule has 23 heteroatoms. The van der Waals surface area contributed by atoms with Crippen molar-refractivity contribution in [3.05, 3.63) is 139 Å². The predicted octanol–water partition coefficient (Wildman–Crippen LogP) is 7.14. The Kier molecular flexibility index (Phi) is 18.6. The maximum atomic E-state index is 12.2. The monoisotopic (exact) mass is 1180 g/mol. The number of benzene rings is 2. The van der Waals surface area contributed by atoms with Gasteiger partial charge < -0.3 is 39.4 Å². The summed E-state index contributed by atoms with van der Waals surface area (Å²) in [5.41, 5.74) is 4.05. The van der Waals surface area contributed by atoms with E-state index in [0.717, 1.165) is 45.9 Å². The Hall–Kier alpha value is -6.08. The van der Waals surface area contributed by atoms with Gasteiger partial charge in [-0.3, -0.25) is 24.9 Å². The van der Waals surface area contributed by atoms with Crippen molar-refractivity contribution in [1.82, 2.24) is 25.3 Å². The fraction of sp³-hybridized carbons (Fsp3) is 0.333. The summed E-state index contributed by atoms with van der Waals surface area (Å²) < 4.78 is 74.6. The lowest BCUT2D eigenvalue weighted by Crippen LogP contribution is -2.52. The second kappa shape index (κ2) is 24.1. The molecule has 4 heterocycles. The number of sulfone groups is 2. The van der Waals surface area contributed by atoms with Gasteiger partial charge in [-0.05, 0) is 130 Å². The third-order valence-corrected chi connectivity index (χ3v) is 15.6. The number of nitrogens with zero attached hydrogens (tertiary/aromatic N) is 4. The van der Waals surface area contributed by atoms with Gasteiger partial charge in [0.2, 0.25) is 23.5 Å². The van der Waals surface area contributed by atoms with Crippen LogP contribution in [0.4, 0.5) is 0 Å². The highest BCUT2D eigenvalue weighted by Gasteiger charge is 2.34. The smallest absolute Gasteiger partial charge is 0.326 e. The lowest BCUT2D eigenvalue weighted by Gasteiger charge is -2.24. The van der Waals surface area contributed by atoms with Crippen molar-refractivity contribution in [2.24, 2.45) is 5.41 Å². The third kappa shape index (κ3) is 14.2. The zero-order valence-electron chi connectivity index (χ0n) is 41.2. The van der Waals surface area contributed by atoms with Gasteiger partial charge in [0.15, 0.2) is 19.7 Å². The maximum Gasteiger partial charge on any atom is 0.326 e. The summed E-state index contributed by atoms with van der Waals surface area (Å²) in [4.78, 5) is 41.4. The zero-order valence-corrected chi connectivity index (χ0v) is 46.0. The normalized spacial score (nSPS) is 13.4. The Morgan fingerprint density at radius 2 is 1.05 bits per heavy atom. The van der Waals surface area contributed by atoms with Crippen LogP contribution in [-0.4, -0.2) is 100 Å². The second-order valence-corrected chi connectivity index (χ2v) is 23.8. The second-order valence-electron chi connectivity index (χ2n) is 18.1. The highest BCUT2D eigenvalue weighted by Crippen LogP contribution is 2.36. The average molecular weight is 1190 g/mol. The van der Waals surface area contributed by atoms with Crippen molar-refractivity contribution >= 4 is 63.5 Å². The first-order valence-corrected chi connectivity index (χ1v) is 28.0. The summed E-state index contributed by atoms with van der Waals surface area (Å²) in [7, 11) is -7.11. The largest absolute Gasteiger partial charge is 0.481 e. The molecule has 0 aliphatic carbocycles. The quantitative estimate of drug-likeness (QED) is 0.0381. The molecule has 2 aromatic carbocycles. The van der Waals surface area contributed by atoms with Crippen LogP contribution in [0.25, 0.3) is 11.1 Å². The Bertz CT molecular complexity index is 3080. The van der Waals surface area contributed by atoms with Crippen molar-refractivity contribution in [3.63, 3.8) is 0 Å². The fourth-order valence-electron chi connectivity index (χ4n) is 7.25. The van der Waals surface area contributed by atoms with Gasteiger partial charge in [-0.15, -0.1) is 0 Å². The van der Waals surface area contributed by atoms with E-state index in [4.69, 9.17) is 18.9 Å². The molecule has 6 rings (SSSR count). The maximum absolute atomic E-state index is 12.2. The molecular weight excluding hydrogens is 1130 g/mol. The number of carbonyl (C=O) groups is 2. The molecule has 74 heavy (non-hydrogen) atoms. The van der Waals surface area contributed by atoms with Crippen LogP contribution in [-0.2, 0) is 68.7 Å². The molecule has 0 amide bonds. The Morgan fingerprint density at radius 1 is 0.608 bits per heavy atom. The van der Waals surface area contributed by atoms with E-state index < -0.39 is 55.8 Å². The van der Waals surface area contributed by atoms with Gasteiger partial charge in [-0.2, -0.15) is 9.97 Å². The van der Waals surface area contributed by atoms with Crippen LogP contribution in [0.5, 0.6) is 23.5 Å². The van der Waals surface area contributed by atoms with Crippen LogP contribution in [0.15, 0.2) is 104 Å². The fourth-order valence-corrected chi connectivity index (χ4v) is 9.44. The Balaban J connectivity index is 1.23. The topological polar surface area (TPSA) is 284 Å². The van der Waals surface area contributed by atoms with E-state index in [2.05, 4.69) is 57.1 Å². The molecule has 0 radical (unpaired) electrons. The zero-order chi connectivity index (χ0) is 54.2. The van der Waals surface area contributed by atoms with Crippen LogP contribution < -0.4 is 24.3 Å². The third-order valence-electron chi connectivity index (χ3n) is 12.3. The number of aryl methyl sites for hydroxylation is 1. The highest BCUT2D eigenvalue weighted by atomic mass is 79.9. The minimum Gasteiger partial charge on any atom is -0.481 e. The highest BCUT2D eigenvalue weighted by molar-refractivity contribution is 9.11. The molecule has 0 bridgehead atoms. The molecular formula is C51H55Br2N5O14S2. The molecule has 0 aliphatic rings. The van der Waals surface area contributed by atoms with Crippen LogP contribution >= 0.6 is 31.9 Å². The van der Waals surface area contributed by atoms with Crippen LogP contribution in [0.1, 0.15) is 64.8 Å². The molecule has 0 aliphatic heterocycles. The molecule has 0 fully saturated rings. The first kappa shape index (κ1) is 57.2. The summed E-state index contributed by atoms with van der Waals surface area (Å²) in [5, 5.41) is 42.2. The van der Waals surface area contributed by atoms with Crippen molar-refractivity contribution in [2.45, 2.75) is 88.8 Å². The molecule has 4 aromatic heterocycles. The van der Waals surface area contributed by atoms with Gasteiger partial charge in [0.05, 0.1) is 37.4 Å². The van der Waals surface area contributed by atoms with Crippen molar-refractivity contribution < 1.29 is 65.8 Å². The molecule has 5 N–H and O–H groups in total. The average Bonchev–Trinajstić information content (AvgIpc) is 3.36. The Labute approximate surface area is 445 Å². The molecule has 0 saturated carbocycles. The lowest BCUT2D eigenvalue weighted by molar-refractivity contribution is -0.150. The molecule has 19 nitrogen and oxygen atoms in total. The van der Waals surface area contributed by atoms with Crippen molar-refractivity contribution in [3.8, 4) is 34.6 Å². The Morgan fingerprint density at radius 3 is 1.47 bits per heavy atom. The number of aliphatic hydroxyl groups excluding tert-OH is 2. The van der Waals surface area contributed by atoms with Gasteiger partial charge in [0.1, 0.15) is 32.0 Å². The van der Waals surface area contributed by atoms with Gasteiger partial charge in [0, 0.05) is 66.1 Å². The van der Waals surface area contributed by atoms with E-state index in [1.165, 1.54) is 50.8 Å². The number of hydrogen-bond acceptors (Lipinski definition) is 17. The number of rotatable bonds is 25. The van der Waals surface area contributed by atoms with E-state index in [9.17, 15) is 46.9 Å². The van der Waals surface area contributed by atoms with Crippen LogP contribution in [0.3, 0.4) is 0 Å². The van der Waals surface area contributed by atoms with E-state index >= 15 is 0 Å². The molecule has 2 atom stereocenters. The number of aliphatic hydroxyl groups is 2. The summed E-state index contributed by atoms with van der Waals surface area (Å²) in [5.74, 6) is -1.92. The molecule has 0 spiro atoms. The van der Waals surface area contributed by atoms with Gasteiger partial charge in [-0.1, -0.05) is 36.4 Å². The molecule has 0 saturated heterocycles. The van der Waals surface area contributed by atoms with E-state index in [1.807, 2.05) is 50.2 Å². The lowest BCUT2D eigenvalue weighted by atomic mass is 9.85. The van der Waals surface area contributed by atoms with Crippen LogP contribution in [0.2, 0.25) is 0 Å². The summed E-state index contributed by atoms with van der Waals surface area (Å²) in [6.07, 6.45) is 7.75. The first-order valence-electron chi connectivity index (χ1n) is 22.6. The van der Waals surface area contributed by atoms with E-state index in [0.29, 0.717) is 31.2 Å². The predicted molar refractivity (Wildman–Crippen MR) is 278 cm³/mol. The minimum atomic E-state index is -3.56. The van der Waals surface area contributed by atoms with Crippen molar-refractivity contribution in [2.75, 3.05) is 25.7 Å². The summed E-state index contributed by atoms with van der Waals surface area (Å²) >= 11 is 7.10. The molecule has 394 valence electrons.